The Balaban J connectivity index is 2.29. The van der Waals surface area contributed by atoms with Gasteiger partial charge in [-0.2, -0.15) is 0 Å². The highest BCUT2D eigenvalue weighted by Crippen LogP contribution is 2.39. The number of hydrogen-bond acceptors (Lipinski definition) is 1. The molecule has 0 radical (unpaired) electrons. The van der Waals surface area contributed by atoms with Gasteiger partial charge in [0.05, 0.1) is 0 Å². The second kappa shape index (κ2) is 6.02. The number of halogens is 1. The number of alkyl halides is 1. The first kappa shape index (κ1) is 11.5. The summed E-state index contributed by atoms with van der Waals surface area (Å²) in [4.78, 5) is 0. The Labute approximate surface area is 90.0 Å². The number of hydrogen-bond donors (Lipinski definition) is 1. The zero-order valence-corrected chi connectivity index (χ0v) is 9.98. The zero-order chi connectivity index (χ0) is 9.57. The van der Waals surface area contributed by atoms with Crippen LogP contribution in [0.3, 0.4) is 0 Å². The number of rotatable bonds is 5. The van der Waals surface area contributed by atoms with E-state index >= 15 is 0 Å². The molecule has 1 aliphatic carbocycles. The van der Waals surface area contributed by atoms with Crippen molar-refractivity contribution >= 4 is 15.9 Å². The van der Waals surface area contributed by atoms with Gasteiger partial charge in [-0.05, 0) is 31.1 Å². The molecule has 0 saturated heterocycles. The first-order chi connectivity index (χ1) is 6.33. The molecular weight excluding hydrogens is 228 g/mol. The summed E-state index contributed by atoms with van der Waals surface area (Å²) in [5.41, 5.74) is 0.306. The summed E-state index contributed by atoms with van der Waals surface area (Å²) in [6, 6.07) is 0. The maximum atomic E-state index is 9.43. The van der Waals surface area contributed by atoms with E-state index in [2.05, 4.69) is 15.9 Å². The first-order valence-corrected chi connectivity index (χ1v) is 6.62. The van der Waals surface area contributed by atoms with Crippen LogP contribution in [0, 0.1) is 5.41 Å². The molecule has 1 nitrogen and oxygen atoms in total. The fourth-order valence-corrected chi connectivity index (χ4v) is 2.78. The van der Waals surface area contributed by atoms with Crippen LogP contribution in [-0.2, 0) is 0 Å². The molecule has 2 heteroatoms. The molecule has 1 saturated carbocycles. The summed E-state index contributed by atoms with van der Waals surface area (Å²) in [5.74, 6) is 0. The predicted octanol–water partition coefficient (Wildman–Crippen LogP) is 3.49. The SMILES string of the molecule is OCC1(CCCCBr)CCCCC1. The zero-order valence-electron chi connectivity index (χ0n) is 8.40. The highest BCUT2D eigenvalue weighted by atomic mass is 79.9. The molecule has 0 aromatic carbocycles. The normalized spacial score (nSPS) is 21.7. The van der Waals surface area contributed by atoms with Crippen molar-refractivity contribution in [2.75, 3.05) is 11.9 Å². The van der Waals surface area contributed by atoms with Gasteiger partial charge in [0.15, 0.2) is 0 Å². The van der Waals surface area contributed by atoms with Gasteiger partial charge in [-0.15, -0.1) is 0 Å². The summed E-state index contributed by atoms with van der Waals surface area (Å²) in [5, 5.41) is 10.5. The monoisotopic (exact) mass is 248 g/mol. The van der Waals surface area contributed by atoms with Gasteiger partial charge in [-0.1, -0.05) is 41.6 Å². The van der Waals surface area contributed by atoms with E-state index in [0.29, 0.717) is 12.0 Å². The fourth-order valence-electron chi connectivity index (χ4n) is 2.38. The highest BCUT2D eigenvalue weighted by molar-refractivity contribution is 9.09. The van der Waals surface area contributed by atoms with E-state index < -0.39 is 0 Å². The van der Waals surface area contributed by atoms with Gasteiger partial charge < -0.3 is 5.11 Å². The van der Waals surface area contributed by atoms with E-state index in [-0.39, 0.29) is 0 Å². The summed E-state index contributed by atoms with van der Waals surface area (Å²) in [7, 11) is 0. The molecule has 1 rings (SSSR count). The van der Waals surface area contributed by atoms with Crippen molar-refractivity contribution in [1.29, 1.82) is 0 Å². The van der Waals surface area contributed by atoms with Crippen LogP contribution in [0.25, 0.3) is 0 Å². The average molecular weight is 249 g/mol. The molecule has 0 heterocycles. The van der Waals surface area contributed by atoms with Crippen LogP contribution < -0.4 is 0 Å². The third-order valence-electron chi connectivity index (χ3n) is 3.34. The van der Waals surface area contributed by atoms with Crippen LogP contribution in [-0.4, -0.2) is 17.0 Å². The molecule has 0 unspecified atom stereocenters. The van der Waals surface area contributed by atoms with Gasteiger partial charge in [-0.3, -0.25) is 0 Å². The number of aliphatic hydroxyl groups is 1. The minimum Gasteiger partial charge on any atom is -0.396 e. The molecule has 0 atom stereocenters. The standard InChI is InChI=1S/C11H21BrO/c12-9-5-4-8-11(10-13)6-2-1-3-7-11/h13H,1-10H2. The summed E-state index contributed by atoms with van der Waals surface area (Å²) >= 11 is 3.45. The molecule has 0 aliphatic heterocycles. The Morgan fingerprint density at radius 1 is 1.08 bits per heavy atom. The van der Waals surface area contributed by atoms with E-state index in [4.69, 9.17) is 0 Å². The topological polar surface area (TPSA) is 20.2 Å². The molecule has 78 valence electrons. The first-order valence-electron chi connectivity index (χ1n) is 5.50. The van der Waals surface area contributed by atoms with Gasteiger partial charge in [0.2, 0.25) is 0 Å². The summed E-state index contributed by atoms with van der Waals surface area (Å²) in [6.07, 6.45) is 10.3. The lowest BCUT2D eigenvalue weighted by molar-refractivity contribution is 0.0713. The van der Waals surface area contributed by atoms with E-state index in [1.54, 1.807) is 0 Å². The Hall–Kier alpha value is 0.440. The Bertz CT molecular complexity index is 130. The molecule has 1 fully saturated rings. The Morgan fingerprint density at radius 3 is 2.31 bits per heavy atom. The second-order valence-corrected chi connectivity index (χ2v) is 5.16. The van der Waals surface area contributed by atoms with Gasteiger partial charge in [0.25, 0.3) is 0 Å². The van der Waals surface area contributed by atoms with E-state index in [0.717, 1.165) is 5.33 Å². The van der Waals surface area contributed by atoms with Crippen LogP contribution >= 0.6 is 15.9 Å². The summed E-state index contributed by atoms with van der Waals surface area (Å²) < 4.78 is 0. The van der Waals surface area contributed by atoms with Crippen molar-refractivity contribution in [3.8, 4) is 0 Å². The lowest BCUT2D eigenvalue weighted by atomic mass is 9.71. The maximum Gasteiger partial charge on any atom is 0.0487 e. The third-order valence-corrected chi connectivity index (χ3v) is 3.90. The molecular formula is C11H21BrO. The van der Waals surface area contributed by atoms with Gasteiger partial charge >= 0.3 is 0 Å². The Morgan fingerprint density at radius 2 is 1.77 bits per heavy atom. The van der Waals surface area contributed by atoms with Crippen LogP contribution in [0.5, 0.6) is 0 Å². The molecule has 1 aliphatic rings. The molecule has 0 amide bonds. The fraction of sp³-hybridized carbons (Fsp3) is 1.00. The maximum absolute atomic E-state index is 9.43. The van der Waals surface area contributed by atoms with Crippen LogP contribution in [0.2, 0.25) is 0 Å². The molecule has 0 aromatic rings. The van der Waals surface area contributed by atoms with Crippen LogP contribution in [0.4, 0.5) is 0 Å². The molecule has 0 bridgehead atoms. The molecule has 13 heavy (non-hydrogen) atoms. The smallest absolute Gasteiger partial charge is 0.0487 e. The largest absolute Gasteiger partial charge is 0.396 e. The number of aliphatic hydroxyl groups excluding tert-OH is 1. The minimum atomic E-state index is 0.306. The average Bonchev–Trinajstić information content (AvgIpc) is 2.20. The Kier molecular flexibility index (Phi) is 5.34. The van der Waals surface area contributed by atoms with Gasteiger partial charge in [-0.25, -0.2) is 0 Å². The lowest BCUT2D eigenvalue weighted by Crippen LogP contribution is -2.28. The lowest BCUT2D eigenvalue weighted by Gasteiger charge is -2.35. The van der Waals surface area contributed by atoms with Crippen molar-refractivity contribution in [3.05, 3.63) is 0 Å². The van der Waals surface area contributed by atoms with Crippen molar-refractivity contribution in [1.82, 2.24) is 0 Å². The number of unbranched alkanes of at least 4 members (excludes halogenated alkanes) is 1. The van der Waals surface area contributed by atoms with Crippen molar-refractivity contribution < 1.29 is 5.11 Å². The van der Waals surface area contributed by atoms with Crippen LogP contribution in [0.1, 0.15) is 51.4 Å². The van der Waals surface area contributed by atoms with Crippen molar-refractivity contribution in [2.24, 2.45) is 5.41 Å². The quantitative estimate of drug-likeness (QED) is 0.584. The van der Waals surface area contributed by atoms with Gasteiger partial charge in [0, 0.05) is 11.9 Å². The molecule has 0 aromatic heterocycles. The van der Waals surface area contributed by atoms with Crippen molar-refractivity contribution in [2.45, 2.75) is 51.4 Å². The molecule has 1 N–H and O–H groups in total. The summed E-state index contributed by atoms with van der Waals surface area (Å²) in [6.45, 7) is 0.412. The minimum absolute atomic E-state index is 0.306. The predicted molar refractivity (Wildman–Crippen MR) is 60.2 cm³/mol. The van der Waals surface area contributed by atoms with E-state index in [9.17, 15) is 5.11 Å². The van der Waals surface area contributed by atoms with Gasteiger partial charge in [0.1, 0.15) is 0 Å². The van der Waals surface area contributed by atoms with E-state index in [1.807, 2.05) is 0 Å². The highest BCUT2D eigenvalue weighted by Gasteiger charge is 2.30. The van der Waals surface area contributed by atoms with E-state index in [1.165, 1.54) is 51.4 Å². The van der Waals surface area contributed by atoms with Crippen LogP contribution in [0.15, 0.2) is 0 Å². The van der Waals surface area contributed by atoms with Crippen molar-refractivity contribution in [3.63, 3.8) is 0 Å². The molecule has 0 spiro atoms. The third kappa shape index (κ3) is 3.59. The second-order valence-electron chi connectivity index (χ2n) is 4.36.